The van der Waals surface area contributed by atoms with E-state index in [1.807, 2.05) is 0 Å². The summed E-state index contributed by atoms with van der Waals surface area (Å²) in [4.78, 5) is 9.81. The number of hydrogen-bond donors (Lipinski definition) is 0. The van der Waals surface area contributed by atoms with Crippen LogP contribution in [0.3, 0.4) is 0 Å². The van der Waals surface area contributed by atoms with Crippen molar-refractivity contribution < 1.29 is 29.5 Å². The van der Waals surface area contributed by atoms with Crippen LogP contribution in [0.5, 0.6) is 0 Å². The van der Waals surface area contributed by atoms with Crippen molar-refractivity contribution in [2.24, 2.45) is 0 Å². The molecule has 0 aromatic carbocycles. The molecule has 0 spiro atoms. The first-order valence-corrected chi connectivity index (χ1v) is 11.0. The van der Waals surface area contributed by atoms with Gasteiger partial charge in [-0.15, -0.1) is 46.4 Å². The van der Waals surface area contributed by atoms with Crippen LogP contribution in [0.1, 0.15) is 0 Å². The number of alkyl halides is 4. The van der Waals surface area contributed by atoms with E-state index in [1.54, 1.807) is 0 Å². The van der Waals surface area contributed by atoms with Gasteiger partial charge in [-0.2, -0.15) is 0 Å². The van der Waals surface area contributed by atoms with E-state index in [2.05, 4.69) is 19.6 Å². The molecule has 0 unspecified atom stereocenters. The van der Waals surface area contributed by atoms with Gasteiger partial charge in [0.15, 0.2) is 0 Å². The van der Waals surface area contributed by atoms with Gasteiger partial charge >= 0.3 is 17.1 Å². The smallest absolute Gasteiger partial charge is 1.00 e. The zero-order valence-electron chi connectivity index (χ0n) is 15.3. The summed E-state index contributed by atoms with van der Waals surface area (Å²) in [6.07, 6.45) is 0. The average molecular weight is 521 g/mol. The van der Waals surface area contributed by atoms with E-state index >= 15 is 0 Å². The number of nitrogens with zero attached hydrogens (tertiary/aromatic N) is 4. The summed E-state index contributed by atoms with van der Waals surface area (Å²) < 4.78 is 0. The molecule has 161 valence electrons. The third-order valence-electron chi connectivity index (χ3n) is 4.53. The van der Waals surface area contributed by atoms with Crippen molar-refractivity contribution in [1.82, 2.24) is 19.6 Å². The van der Waals surface area contributed by atoms with Crippen LogP contribution < -0.4 is 12.4 Å². The number of rotatable bonds is 8. The standard InChI is InChI=1S/C16H32Cl4N4.ClH.Cu/c17-1-5-21-9-11-22(6-2-18)13-15-24(8-4-20)16-14-23(7-3-19)12-10-21;;/h1-16H2;1H;/q;;+2/p-1. The van der Waals surface area contributed by atoms with E-state index in [9.17, 15) is 0 Å². The number of halogens is 5. The minimum absolute atomic E-state index is 0. The van der Waals surface area contributed by atoms with E-state index in [0.29, 0.717) is 23.5 Å². The van der Waals surface area contributed by atoms with Crippen LogP contribution in [0.15, 0.2) is 0 Å². The molecular formula is C16H32Cl5CuN4+. The summed E-state index contributed by atoms with van der Waals surface area (Å²) in [5, 5.41) is 0. The normalized spacial score (nSPS) is 19.8. The van der Waals surface area contributed by atoms with Gasteiger partial charge in [0.05, 0.1) is 0 Å². The Morgan fingerprint density at radius 2 is 0.577 bits per heavy atom. The maximum Gasteiger partial charge on any atom is 2.00 e. The van der Waals surface area contributed by atoms with Crippen molar-refractivity contribution in [2.75, 3.05) is 102 Å². The molecule has 0 N–H and O–H groups in total. The van der Waals surface area contributed by atoms with Crippen LogP contribution in [-0.4, -0.2) is 122 Å². The molecule has 1 aliphatic heterocycles. The minimum Gasteiger partial charge on any atom is -1.00 e. The summed E-state index contributed by atoms with van der Waals surface area (Å²) in [7, 11) is 0. The van der Waals surface area contributed by atoms with Crippen molar-refractivity contribution in [3.8, 4) is 0 Å². The molecule has 0 saturated carbocycles. The van der Waals surface area contributed by atoms with Crippen LogP contribution in [0, 0.1) is 0 Å². The fourth-order valence-electron chi connectivity index (χ4n) is 2.95. The molecule has 10 heteroatoms. The molecule has 0 aliphatic carbocycles. The van der Waals surface area contributed by atoms with Crippen LogP contribution in [-0.2, 0) is 17.1 Å². The quantitative estimate of drug-likeness (QED) is 0.306. The van der Waals surface area contributed by atoms with E-state index in [4.69, 9.17) is 46.4 Å². The first-order chi connectivity index (χ1) is 11.7. The molecule has 1 fully saturated rings. The van der Waals surface area contributed by atoms with Crippen molar-refractivity contribution in [1.29, 1.82) is 0 Å². The molecule has 0 bridgehead atoms. The Balaban J connectivity index is 0. The fraction of sp³-hybridized carbons (Fsp3) is 1.00. The van der Waals surface area contributed by atoms with Crippen molar-refractivity contribution in [3.63, 3.8) is 0 Å². The second kappa shape index (κ2) is 20.1. The molecule has 0 amide bonds. The molecule has 1 heterocycles. The minimum atomic E-state index is 0. The topological polar surface area (TPSA) is 13.0 Å². The van der Waals surface area contributed by atoms with Gasteiger partial charge in [0.1, 0.15) is 0 Å². The maximum atomic E-state index is 5.98. The monoisotopic (exact) mass is 518 g/mol. The van der Waals surface area contributed by atoms with Gasteiger partial charge in [-0.25, -0.2) is 0 Å². The predicted octanol–water partition coefficient (Wildman–Crippen LogP) is -0.835. The zero-order valence-corrected chi connectivity index (χ0v) is 20.0. The third-order valence-corrected chi connectivity index (χ3v) is 5.21. The molecule has 1 rings (SSSR count). The van der Waals surface area contributed by atoms with Crippen molar-refractivity contribution >= 4 is 46.4 Å². The van der Waals surface area contributed by atoms with Gasteiger partial charge in [-0.05, 0) is 0 Å². The SMILES string of the molecule is ClCCN1CCN(CCCl)CCN(CCCl)CCN(CCCl)CC1.[Cl-].[Cu+2]. The second-order valence-electron chi connectivity index (χ2n) is 6.12. The second-order valence-corrected chi connectivity index (χ2v) is 7.63. The van der Waals surface area contributed by atoms with Gasteiger partial charge in [0.2, 0.25) is 0 Å². The molecule has 26 heavy (non-hydrogen) atoms. The Kier molecular flexibility index (Phi) is 23.2. The van der Waals surface area contributed by atoms with E-state index < -0.39 is 0 Å². The Labute approximate surface area is 196 Å². The van der Waals surface area contributed by atoms with Crippen LogP contribution >= 0.6 is 46.4 Å². The van der Waals surface area contributed by atoms with Crippen LogP contribution in [0.2, 0.25) is 0 Å². The maximum absolute atomic E-state index is 5.98. The van der Waals surface area contributed by atoms with Crippen molar-refractivity contribution in [2.45, 2.75) is 0 Å². The first kappa shape index (κ1) is 30.0. The van der Waals surface area contributed by atoms with Gasteiger partial charge in [-0.3, -0.25) is 19.6 Å². The summed E-state index contributed by atoms with van der Waals surface area (Å²) in [5.74, 6) is 2.70. The molecule has 1 radical (unpaired) electrons. The van der Waals surface area contributed by atoms with Crippen LogP contribution in [0.25, 0.3) is 0 Å². The summed E-state index contributed by atoms with van der Waals surface area (Å²) in [5.41, 5.74) is 0. The van der Waals surface area contributed by atoms with Gasteiger partial charge in [0.25, 0.3) is 0 Å². The molecule has 1 saturated heterocycles. The summed E-state index contributed by atoms with van der Waals surface area (Å²) >= 11 is 23.9. The molecular weight excluding hydrogens is 489 g/mol. The van der Waals surface area contributed by atoms with Crippen LogP contribution in [0.4, 0.5) is 0 Å². The third kappa shape index (κ3) is 13.9. The Morgan fingerprint density at radius 1 is 0.423 bits per heavy atom. The number of hydrogen-bond acceptors (Lipinski definition) is 4. The Hall–Kier alpha value is 1.81. The molecule has 1 aliphatic rings. The molecule has 0 aromatic heterocycles. The predicted molar refractivity (Wildman–Crippen MR) is 109 cm³/mol. The zero-order chi connectivity index (χ0) is 17.6. The van der Waals surface area contributed by atoms with E-state index in [0.717, 1.165) is 78.5 Å². The van der Waals surface area contributed by atoms with E-state index in [-0.39, 0.29) is 29.5 Å². The summed E-state index contributed by atoms with van der Waals surface area (Å²) in [6, 6.07) is 0. The first-order valence-electron chi connectivity index (χ1n) is 8.86. The van der Waals surface area contributed by atoms with Crippen molar-refractivity contribution in [3.05, 3.63) is 0 Å². The van der Waals surface area contributed by atoms with Gasteiger partial charge in [-0.1, -0.05) is 0 Å². The van der Waals surface area contributed by atoms with Gasteiger partial charge in [0, 0.05) is 102 Å². The Bertz CT molecular complexity index is 236. The molecule has 4 nitrogen and oxygen atoms in total. The Morgan fingerprint density at radius 3 is 0.692 bits per heavy atom. The van der Waals surface area contributed by atoms with E-state index in [1.165, 1.54) is 0 Å². The summed E-state index contributed by atoms with van der Waals surface area (Å²) in [6.45, 7) is 12.0. The molecule has 0 atom stereocenters. The fourth-order valence-corrected chi connectivity index (χ4v) is 3.91. The average Bonchev–Trinajstić information content (AvgIpc) is 2.57. The van der Waals surface area contributed by atoms with Gasteiger partial charge < -0.3 is 12.4 Å². The largest absolute Gasteiger partial charge is 2.00 e. The molecule has 0 aromatic rings.